The van der Waals surface area contributed by atoms with E-state index in [0.29, 0.717) is 38.6 Å². The summed E-state index contributed by atoms with van der Waals surface area (Å²) in [5, 5.41) is 0. The topological polar surface area (TPSA) is 58.6 Å². The molecule has 0 saturated carbocycles. The van der Waals surface area contributed by atoms with Crippen LogP contribution in [0.4, 0.5) is 10.6 Å². The summed E-state index contributed by atoms with van der Waals surface area (Å²) in [6, 6.07) is 21.7. The minimum atomic E-state index is -0.271. The fourth-order valence-corrected chi connectivity index (χ4v) is 3.28. The van der Waals surface area contributed by atoms with Gasteiger partial charge in [-0.3, -0.25) is 0 Å². The van der Waals surface area contributed by atoms with E-state index in [-0.39, 0.29) is 6.09 Å². The number of hydrogen-bond acceptors (Lipinski definition) is 5. The summed E-state index contributed by atoms with van der Waals surface area (Å²) in [7, 11) is 0. The Morgan fingerprint density at radius 2 is 1.60 bits per heavy atom. The molecule has 2 heterocycles. The Morgan fingerprint density at radius 1 is 0.900 bits per heavy atom. The molecular formula is C24H24N4O2. The Hall–Kier alpha value is -3.67. The smallest absolute Gasteiger partial charge is 0.410 e. The zero-order valence-electron chi connectivity index (χ0n) is 16.7. The molecule has 3 aromatic rings. The maximum Gasteiger partial charge on any atom is 0.410 e. The first-order chi connectivity index (χ1) is 14.8. The minimum Gasteiger partial charge on any atom is -0.445 e. The van der Waals surface area contributed by atoms with Crippen LogP contribution in [-0.4, -0.2) is 47.1 Å². The molecule has 6 nitrogen and oxygen atoms in total. The molecular weight excluding hydrogens is 376 g/mol. The standard InChI is InChI=1S/C24H24N4O2/c29-24(30-19-21-9-5-2-6-10-21)28-17-15-27(16-18-28)23-13-14-25-22(26-23)12-11-20-7-3-1-4-8-20/h1-14H,15-19H2/b12-11+. The highest BCUT2D eigenvalue weighted by Crippen LogP contribution is 2.15. The van der Waals surface area contributed by atoms with Gasteiger partial charge in [0.2, 0.25) is 0 Å². The SMILES string of the molecule is O=C(OCc1ccccc1)N1CCN(c2ccnc(/C=C/c3ccccc3)n2)CC1. The van der Waals surface area contributed by atoms with Crippen LogP contribution >= 0.6 is 0 Å². The van der Waals surface area contributed by atoms with Gasteiger partial charge in [-0.1, -0.05) is 66.7 Å². The number of carbonyl (C=O) groups is 1. The number of benzene rings is 2. The molecule has 30 heavy (non-hydrogen) atoms. The third-order valence-electron chi connectivity index (χ3n) is 4.95. The molecule has 0 spiro atoms. The van der Waals surface area contributed by atoms with E-state index in [9.17, 15) is 4.79 Å². The predicted molar refractivity (Wildman–Crippen MR) is 118 cm³/mol. The molecule has 0 aliphatic carbocycles. The van der Waals surface area contributed by atoms with E-state index >= 15 is 0 Å². The molecule has 1 amide bonds. The summed E-state index contributed by atoms with van der Waals surface area (Å²) < 4.78 is 5.44. The Bertz CT molecular complexity index is 984. The molecule has 1 fully saturated rings. The Labute approximate surface area is 176 Å². The third kappa shape index (κ3) is 5.23. The highest BCUT2D eigenvalue weighted by Gasteiger charge is 2.23. The zero-order chi connectivity index (χ0) is 20.6. The number of amides is 1. The van der Waals surface area contributed by atoms with E-state index in [2.05, 4.69) is 14.9 Å². The normalized spacial score (nSPS) is 14.1. The van der Waals surface area contributed by atoms with Gasteiger partial charge in [0.1, 0.15) is 12.4 Å². The van der Waals surface area contributed by atoms with Gasteiger partial charge >= 0.3 is 6.09 Å². The van der Waals surface area contributed by atoms with Crippen LogP contribution in [0.15, 0.2) is 72.9 Å². The van der Waals surface area contributed by atoms with Gasteiger partial charge in [0.05, 0.1) is 0 Å². The van der Waals surface area contributed by atoms with Crippen molar-refractivity contribution in [3.05, 3.63) is 89.9 Å². The lowest BCUT2D eigenvalue weighted by Gasteiger charge is -2.34. The average molecular weight is 400 g/mol. The largest absolute Gasteiger partial charge is 0.445 e. The van der Waals surface area contributed by atoms with Crippen LogP contribution in [-0.2, 0) is 11.3 Å². The Morgan fingerprint density at radius 3 is 2.33 bits per heavy atom. The van der Waals surface area contributed by atoms with Crippen LogP contribution in [0.25, 0.3) is 12.2 Å². The van der Waals surface area contributed by atoms with Crippen molar-refractivity contribution < 1.29 is 9.53 Å². The lowest BCUT2D eigenvalue weighted by Crippen LogP contribution is -2.49. The van der Waals surface area contributed by atoms with E-state index in [0.717, 1.165) is 16.9 Å². The molecule has 0 unspecified atom stereocenters. The summed E-state index contributed by atoms with van der Waals surface area (Å²) in [6.07, 6.45) is 5.41. The van der Waals surface area contributed by atoms with Crippen molar-refractivity contribution in [2.75, 3.05) is 31.1 Å². The number of piperazine rings is 1. The molecule has 0 bridgehead atoms. The van der Waals surface area contributed by atoms with Crippen LogP contribution in [0.1, 0.15) is 17.0 Å². The maximum atomic E-state index is 12.3. The minimum absolute atomic E-state index is 0.271. The van der Waals surface area contributed by atoms with Crippen LogP contribution in [0.5, 0.6) is 0 Å². The van der Waals surface area contributed by atoms with Crippen LogP contribution < -0.4 is 4.90 Å². The van der Waals surface area contributed by atoms with Gasteiger partial charge in [0.15, 0.2) is 5.82 Å². The van der Waals surface area contributed by atoms with Crippen LogP contribution in [0.2, 0.25) is 0 Å². The Balaban J connectivity index is 1.30. The van der Waals surface area contributed by atoms with E-state index in [4.69, 9.17) is 4.74 Å². The van der Waals surface area contributed by atoms with Crippen molar-refractivity contribution in [3.8, 4) is 0 Å². The molecule has 2 aromatic carbocycles. The summed E-state index contributed by atoms with van der Waals surface area (Å²) >= 11 is 0. The van der Waals surface area contributed by atoms with Gasteiger partial charge in [-0.05, 0) is 23.3 Å². The molecule has 0 radical (unpaired) electrons. The van der Waals surface area contributed by atoms with Gasteiger partial charge in [0.25, 0.3) is 0 Å². The summed E-state index contributed by atoms with van der Waals surface area (Å²) in [5.41, 5.74) is 2.09. The second kappa shape index (κ2) is 9.69. The van der Waals surface area contributed by atoms with Crippen molar-refractivity contribution in [2.24, 2.45) is 0 Å². The maximum absolute atomic E-state index is 12.3. The number of anilines is 1. The van der Waals surface area contributed by atoms with Crippen LogP contribution in [0, 0.1) is 0 Å². The molecule has 6 heteroatoms. The number of aromatic nitrogens is 2. The number of rotatable bonds is 5. The van der Waals surface area contributed by atoms with E-state index in [1.807, 2.05) is 78.9 Å². The number of ether oxygens (including phenoxy) is 1. The second-order valence-electron chi connectivity index (χ2n) is 7.03. The van der Waals surface area contributed by atoms with Crippen molar-refractivity contribution in [3.63, 3.8) is 0 Å². The predicted octanol–water partition coefficient (Wildman–Crippen LogP) is 4.11. The van der Waals surface area contributed by atoms with E-state index in [1.165, 1.54) is 0 Å². The first-order valence-corrected chi connectivity index (χ1v) is 10.0. The van der Waals surface area contributed by atoms with Gasteiger partial charge in [-0.25, -0.2) is 14.8 Å². The molecule has 1 aromatic heterocycles. The van der Waals surface area contributed by atoms with E-state index in [1.54, 1.807) is 11.1 Å². The number of hydrogen-bond donors (Lipinski definition) is 0. The van der Waals surface area contributed by atoms with Crippen molar-refractivity contribution >= 4 is 24.1 Å². The van der Waals surface area contributed by atoms with Gasteiger partial charge in [-0.15, -0.1) is 0 Å². The van der Waals surface area contributed by atoms with E-state index < -0.39 is 0 Å². The van der Waals surface area contributed by atoms with Gasteiger partial charge in [-0.2, -0.15) is 0 Å². The Kier molecular flexibility index (Phi) is 6.35. The highest BCUT2D eigenvalue weighted by molar-refractivity contribution is 5.68. The van der Waals surface area contributed by atoms with Crippen LogP contribution in [0.3, 0.4) is 0 Å². The lowest BCUT2D eigenvalue weighted by molar-refractivity contribution is 0.0941. The first kappa shape index (κ1) is 19.6. The van der Waals surface area contributed by atoms with Gasteiger partial charge in [0, 0.05) is 32.4 Å². The quantitative estimate of drug-likeness (QED) is 0.645. The summed E-state index contributed by atoms with van der Waals surface area (Å²) in [5.74, 6) is 1.54. The highest BCUT2D eigenvalue weighted by atomic mass is 16.6. The third-order valence-corrected chi connectivity index (χ3v) is 4.95. The monoisotopic (exact) mass is 400 g/mol. The molecule has 1 saturated heterocycles. The van der Waals surface area contributed by atoms with Crippen molar-refractivity contribution in [1.82, 2.24) is 14.9 Å². The fraction of sp³-hybridized carbons (Fsp3) is 0.208. The molecule has 1 aliphatic rings. The molecule has 0 atom stereocenters. The average Bonchev–Trinajstić information content (AvgIpc) is 2.83. The summed E-state index contributed by atoms with van der Waals surface area (Å²) in [6.45, 7) is 2.92. The zero-order valence-corrected chi connectivity index (χ0v) is 16.7. The molecule has 1 aliphatic heterocycles. The fourth-order valence-electron chi connectivity index (χ4n) is 3.28. The number of nitrogens with zero attached hydrogens (tertiary/aromatic N) is 4. The lowest BCUT2D eigenvalue weighted by atomic mass is 10.2. The second-order valence-corrected chi connectivity index (χ2v) is 7.03. The van der Waals surface area contributed by atoms with Crippen molar-refractivity contribution in [2.45, 2.75) is 6.61 Å². The molecule has 152 valence electrons. The molecule has 4 rings (SSSR count). The van der Waals surface area contributed by atoms with Crippen molar-refractivity contribution in [1.29, 1.82) is 0 Å². The van der Waals surface area contributed by atoms with Gasteiger partial charge < -0.3 is 14.5 Å². The summed E-state index contributed by atoms with van der Waals surface area (Å²) in [4.78, 5) is 25.2. The molecule has 0 N–H and O–H groups in total. The number of carbonyl (C=O) groups excluding carboxylic acids is 1. The first-order valence-electron chi connectivity index (χ1n) is 10.0.